The van der Waals surface area contributed by atoms with E-state index in [1.807, 2.05) is 0 Å². The molecule has 1 heterocycles. The van der Waals surface area contributed by atoms with Gasteiger partial charge in [0.05, 0.1) is 0 Å². The molecular weight excluding hydrogens is 244 g/mol. The Hall–Kier alpha value is -2.17. The molecule has 0 spiro atoms. The number of imide groups is 2. The first-order valence-corrected chi connectivity index (χ1v) is 6.07. The van der Waals surface area contributed by atoms with Crippen LogP contribution in [0.3, 0.4) is 0 Å². The van der Waals surface area contributed by atoms with Crippen molar-refractivity contribution in [2.75, 3.05) is 13.1 Å². The number of urea groups is 1. The van der Waals surface area contributed by atoms with Crippen LogP contribution in [0, 0.1) is 5.92 Å². The molecule has 5 nitrogen and oxygen atoms in total. The molecule has 1 aliphatic rings. The molecule has 0 radical (unpaired) electrons. The molecule has 0 bridgehead atoms. The third-order valence-electron chi connectivity index (χ3n) is 2.87. The summed E-state index contributed by atoms with van der Waals surface area (Å²) in [6.07, 6.45) is 5.47. The first-order chi connectivity index (χ1) is 9.08. The molecule has 0 unspecified atom stereocenters. The fourth-order valence-corrected chi connectivity index (χ4v) is 1.94. The summed E-state index contributed by atoms with van der Waals surface area (Å²) in [5, 5.41) is 0. The second-order valence-corrected chi connectivity index (χ2v) is 4.18. The normalized spacial score (nSPS) is 16.7. The summed E-state index contributed by atoms with van der Waals surface area (Å²) in [4.78, 5) is 38.4. The zero-order valence-corrected chi connectivity index (χ0v) is 10.9. The minimum absolute atomic E-state index is 0.100. The van der Waals surface area contributed by atoms with E-state index in [9.17, 15) is 14.4 Å². The lowest BCUT2D eigenvalue weighted by atomic mass is 9.97. The zero-order chi connectivity index (χ0) is 14.4. The van der Waals surface area contributed by atoms with E-state index >= 15 is 0 Å². The van der Waals surface area contributed by atoms with Crippen molar-refractivity contribution >= 4 is 17.8 Å². The number of amides is 4. The average Bonchev–Trinajstić information content (AvgIpc) is 2.40. The molecule has 5 heteroatoms. The largest absolute Gasteiger partial charge is 0.334 e. The molecule has 0 aromatic rings. The Kier molecular flexibility index (Phi) is 5.23. The quantitative estimate of drug-likeness (QED) is 0.518. The van der Waals surface area contributed by atoms with E-state index in [2.05, 4.69) is 19.7 Å². The van der Waals surface area contributed by atoms with Crippen molar-refractivity contribution < 1.29 is 14.4 Å². The molecular formula is C14H18N2O3. The van der Waals surface area contributed by atoms with Crippen molar-refractivity contribution in [2.45, 2.75) is 12.8 Å². The average molecular weight is 262 g/mol. The summed E-state index contributed by atoms with van der Waals surface area (Å²) in [5.74, 6) is -1.75. The van der Waals surface area contributed by atoms with Crippen molar-refractivity contribution in [3.05, 3.63) is 38.0 Å². The van der Waals surface area contributed by atoms with Gasteiger partial charge in [0.1, 0.15) is 5.92 Å². The van der Waals surface area contributed by atoms with Crippen molar-refractivity contribution in [1.82, 2.24) is 9.80 Å². The molecule has 1 rings (SSSR count). The molecule has 102 valence electrons. The van der Waals surface area contributed by atoms with Crippen LogP contribution in [0.1, 0.15) is 12.8 Å². The minimum atomic E-state index is -0.824. The Morgan fingerprint density at radius 2 is 1.37 bits per heavy atom. The van der Waals surface area contributed by atoms with E-state index < -0.39 is 23.8 Å². The van der Waals surface area contributed by atoms with Crippen LogP contribution in [0.15, 0.2) is 38.0 Å². The molecule has 1 aliphatic heterocycles. The van der Waals surface area contributed by atoms with Gasteiger partial charge >= 0.3 is 6.03 Å². The van der Waals surface area contributed by atoms with Gasteiger partial charge in [0.2, 0.25) is 11.8 Å². The van der Waals surface area contributed by atoms with Gasteiger partial charge in [0.25, 0.3) is 0 Å². The fourth-order valence-electron chi connectivity index (χ4n) is 1.94. The highest BCUT2D eigenvalue weighted by molar-refractivity contribution is 6.16. The molecule has 19 heavy (non-hydrogen) atoms. The second kappa shape index (κ2) is 6.68. The first-order valence-electron chi connectivity index (χ1n) is 6.07. The lowest BCUT2D eigenvalue weighted by Crippen LogP contribution is -2.59. The zero-order valence-electron chi connectivity index (χ0n) is 10.9. The van der Waals surface area contributed by atoms with Crippen molar-refractivity contribution in [2.24, 2.45) is 5.92 Å². The standard InChI is InChI=1S/C14H18N2O3/c1-4-7-8-11-12(17)15(9-5-2)14(19)16(10-6-3)13(11)18/h4-6,11H,1-3,7-10H2. The van der Waals surface area contributed by atoms with Crippen LogP contribution in [0.4, 0.5) is 4.79 Å². The third kappa shape index (κ3) is 2.99. The molecule has 4 amide bonds. The minimum Gasteiger partial charge on any atom is -0.273 e. The number of hydrogen-bond acceptors (Lipinski definition) is 3. The lowest BCUT2D eigenvalue weighted by molar-refractivity contribution is -0.148. The van der Waals surface area contributed by atoms with Crippen LogP contribution >= 0.6 is 0 Å². The van der Waals surface area contributed by atoms with Gasteiger partial charge in [-0.15, -0.1) is 19.7 Å². The van der Waals surface area contributed by atoms with E-state index in [0.717, 1.165) is 9.80 Å². The third-order valence-corrected chi connectivity index (χ3v) is 2.87. The van der Waals surface area contributed by atoms with E-state index in [-0.39, 0.29) is 13.1 Å². The van der Waals surface area contributed by atoms with E-state index in [1.54, 1.807) is 6.08 Å². The highest BCUT2D eigenvalue weighted by Gasteiger charge is 2.44. The van der Waals surface area contributed by atoms with Gasteiger partial charge in [0.15, 0.2) is 0 Å². The molecule has 0 N–H and O–H groups in total. The number of nitrogens with zero attached hydrogens (tertiary/aromatic N) is 2. The Morgan fingerprint density at radius 1 is 0.895 bits per heavy atom. The summed E-state index contributed by atoms with van der Waals surface area (Å²) in [6, 6.07) is -0.607. The van der Waals surface area contributed by atoms with Gasteiger partial charge in [-0.05, 0) is 12.8 Å². The number of carbonyl (C=O) groups is 3. The maximum Gasteiger partial charge on any atom is 0.334 e. The van der Waals surface area contributed by atoms with Crippen LogP contribution in [0.25, 0.3) is 0 Å². The SMILES string of the molecule is C=CCCC1C(=O)N(CC=C)C(=O)N(CC=C)C1=O. The first kappa shape index (κ1) is 14.9. The smallest absolute Gasteiger partial charge is 0.273 e. The number of barbiturate groups is 1. The Balaban J connectivity index is 3.03. The molecule has 0 aromatic heterocycles. The van der Waals surface area contributed by atoms with Crippen LogP contribution in [0.2, 0.25) is 0 Å². The number of hydrogen-bond donors (Lipinski definition) is 0. The molecule has 0 atom stereocenters. The molecule has 0 saturated carbocycles. The highest BCUT2D eigenvalue weighted by atomic mass is 16.2. The molecule has 0 aromatic carbocycles. The van der Waals surface area contributed by atoms with Crippen LogP contribution < -0.4 is 0 Å². The van der Waals surface area contributed by atoms with Crippen molar-refractivity contribution in [3.63, 3.8) is 0 Å². The van der Waals surface area contributed by atoms with Gasteiger partial charge in [-0.25, -0.2) is 4.79 Å². The summed E-state index contributed by atoms with van der Waals surface area (Å²) in [6.45, 7) is 10.8. The number of carbonyl (C=O) groups excluding carboxylic acids is 3. The topological polar surface area (TPSA) is 57.7 Å². The maximum atomic E-state index is 12.1. The summed E-state index contributed by atoms with van der Waals surface area (Å²) < 4.78 is 0. The van der Waals surface area contributed by atoms with E-state index in [1.165, 1.54) is 12.2 Å². The summed E-state index contributed by atoms with van der Waals surface area (Å²) in [7, 11) is 0. The van der Waals surface area contributed by atoms with Crippen LogP contribution in [-0.2, 0) is 9.59 Å². The monoisotopic (exact) mass is 262 g/mol. The molecule has 0 aliphatic carbocycles. The van der Waals surface area contributed by atoms with Gasteiger partial charge < -0.3 is 0 Å². The van der Waals surface area contributed by atoms with E-state index in [0.29, 0.717) is 12.8 Å². The predicted molar refractivity (Wildman–Crippen MR) is 72.1 cm³/mol. The molecule has 1 fully saturated rings. The van der Waals surface area contributed by atoms with Crippen molar-refractivity contribution in [1.29, 1.82) is 0 Å². The van der Waals surface area contributed by atoms with Crippen LogP contribution in [-0.4, -0.2) is 40.7 Å². The van der Waals surface area contributed by atoms with E-state index in [4.69, 9.17) is 0 Å². The van der Waals surface area contributed by atoms with Gasteiger partial charge in [-0.3, -0.25) is 19.4 Å². The summed E-state index contributed by atoms with van der Waals surface area (Å²) >= 11 is 0. The Labute approximate surface area is 112 Å². The van der Waals surface area contributed by atoms with Gasteiger partial charge in [-0.2, -0.15) is 0 Å². The predicted octanol–water partition coefficient (Wildman–Crippen LogP) is 1.73. The Bertz CT molecular complexity index is 396. The second-order valence-electron chi connectivity index (χ2n) is 4.18. The highest BCUT2D eigenvalue weighted by Crippen LogP contribution is 2.22. The van der Waals surface area contributed by atoms with Crippen molar-refractivity contribution in [3.8, 4) is 0 Å². The van der Waals surface area contributed by atoms with Gasteiger partial charge in [0, 0.05) is 13.1 Å². The van der Waals surface area contributed by atoms with Gasteiger partial charge in [-0.1, -0.05) is 18.2 Å². The number of allylic oxidation sites excluding steroid dienone is 1. The lowest BCUT2D eigenvalue weighted by Gasteiger charge is -2.35. The Morgan fingerprint density at radius 3 is 1.74 bits per heavy atom. The molecule has 1 saturated heterocycles. The number of rotatable bonds is 7. The fraction of sp³-hybridized carbons (Fsp3) is 0.357. The van der Waals surface area contributed by atoms with Crippen LogP contribution in [0.5, 0.6) is 0 Å². The summed E-state index contributed by atoms with van der Waals surface area (Å²) in [5.41, 5.74) is 0. The maximum absolute atomic E-state index is 12.1.